The van der Waals surface area contributed by atoms with Crippen LogP contribution in [-0.2, 0) is 22.4 Å². The maximum Gasteiger partial charge on any atom is 0.395 e. The molecule has 0 radical (unpaired) electrons. The molecule has 0 saturated heterocycles. The molecule has 0 amide bonds. The number of ether oxygens (including phenoxy) is 1. The minimum absolute atomic E-state index is 0.142. The average Bonchev–Trinajstić information content (AvgIpc) is 2.48. The largest absolute Gasteiger partial charge is 0.489 e. The van der Waals surface area contributed by atoms with Crippen molar-refractivity contribution in [3.05, 3.63) is 59.7 Å². The minimum Gasteiger partial charge on any atom is -0.489 e. The lowest BCUT2D eigenvalue weighted by atomic mass is 10.1. The van der Waals surface area contributed by atoms with Gasteiger partial charge in [-0.2, -0.15) is 0 Å². The predicted molar refractivity (Wildman–Crippen MR) is 79.8 cm³/mol. The summed E-state index contributed by atoms with van der Waals surface area (Å²) in [5.74, 6) is 1.44. The Kier molecular flexibility index (Phi) is 5.47. The van der Waals surface area contributed by atoms with Gasteiger partial charge in [-0.05, 0) is 42.3 Å². The molecule has 108 valence electrons. The van der Waals surface area contributed by atoms with Crippen molar-refractivity contribution in [1.29, 1.82) is 0 Å². The van der Waals surface area contributed by atoms with E-state index in [2.05, 4.69) is 0 Å². The molecular formula is C16H15O4P. The fourth-order valence-electron chi connectivity index (χ4n) is 1.85. The van der Waals surface area contributed by atoms with Crippen molar-refractivity contribution < 1.29 is 18.6 Å². The molecule has 2 aromatic carbocycles. The second-order valence-corrected chi connectivity index (χ2v) is 4.95. The second-order valence-electron chi connectivity index (χ2n) is 4.62. The third-order valence-electron chi connectivity index (χ3n) is 2.85. The Bertz CT molecular complexity index is 605. The Morgan fingerprint density at radius 1 is 0.952 bits per heavy atom. The van der Waals surface area contributed by atoms with E-state index in [4.69, 9.17) is 9.26 Å². The number of hydrogen-bond donors (Lipinski definition) is 0. The monoisotopic (exact) mass is 302 g/mol. The Hall–Kier alpha value is -2.19. The van der Waals surface area contributed by atoms with E-state index in [9.17, 15) is 9.36 Å². The van der Waals surface area contributed by atoms with Gasteiger partial charge in [0, 0.05) is 6.42 Å². The smallest absolute Gasteiger partial charge is 0.395 e. The topological polar surface area (TPSA) is 52.6 Å². The van der Waals surface area contributed by atoms with Crippen molar-refractivity contribution in [2.24, 2.45) is 0 Å². The quantitative estimate of drug-likeness (QED) is 0.726. The highest BCUT2D eigenvalue weighted by Gasteiger charge is 2.00. The number of benzene rings is 2. The molecule has 0 heterocycles. The van der Waals surface area contributed by atoms with Crippen LogP contribution in [0.5, 0.6) is 11.5 Å². The van der Waals surface area contributed by atoms with Gasteiger partial charge in [0.05, 0.1) is 0 Å². The Morgan fingerprint density at radius 2 is 1.52 bits per heavy atom. The maximum absolute atomic E-state index is 11.0. The van der Waals surface area contributed by atoms with Gasteiger partial charge in [0.1, 0.15) is 23.9 Å². The summed E-state index contributed by atoms with van der Waals surface area (Å²) >= 11 is 0. The van der Waals surface area contributed by atoms with Crippen LogP contribution in [0.3, 0.4) is 0 Å². The SMILES string of the molecule is CC(=O)Cc1ccc(OCc2ccc(OP=O)cc2)cc1. The van der Waals surface area contributed by atoms with Crippen LogP contribution in [0.2, 0.25) is 0 Å². The fraction of sp³-hybridized carbons (Fsp3) is 0.188. The van der Waals surface area contributed by atoms with Crippen molar-refractivity contribution in [2.45, 2.75) is 20.0 Å². The molecule has 21 heavy (non-hydrogen) atoms. The lowest BCUT2D eigenvalue weighted by molar-refractivity contribution is -0.116. The second kappa shape index (κ2) is 7.55. The summed E-state index contributed by atoms with van der Waals surface area (Å²) < 4.78 is 20.8. The summed E-state index contributed by atoms with van der Waals surface area (Å²) in [4.78, 5) is 11.0. The zero-order valence-electron chi connectivity index (χ0n) is 11.6. The molecule has 0 unspecified atom stereocenters. The highest BCUT2D eigenvalue weighted by Crippen LogP contribution is 2.18. The van der Waals surface area contributed by atoms with Gasteiger partial charge < -0.3 is 9.26 Å². The summed E-state index contributed by atoms with van der Waals surface area (Å²) in [5, 5.41) is 0. The molecule has 0 fully saturated rings. The van der Waals surface area contributed by atoms with Crippen LogP contribution in [0.1, 0.15) is 18.1 Å². The van der Waals surface area contributed by atoms with Crippen LogP contribution in [0, 0.1) is 0 Å². The molecule has 0 spiro atoms. The van der Waals surface area contributed by atoms with E-state index in [0.29, 0.717) is 18.8 Å². The third kappa shape index (κ3) is 5.01. The van der Waals surface area contributed by atoms with Crippen LogP contribution < -0.4 is 9.26 Å². The Labute approximate surface area is 125 Å². The van der Waals surface area contributed by atoms with Gasteiger partial charge in [-0.1, -0.05) is 24.3 Å². The van der Waals surface area contributed by atoms with E-state index in [1.165, 1.54) is 0 Å². The first-order chi connectivity index (χ1) is 10.2. The van der Waals surface area contributed by atoms with E-state index < -0.39 is 0 Å². The summed E-state index contributed by atoms with van der Waals surface area (Å²) in [7, 11) is -0.364. The summed E-state index contributed by atoms with van der Waals surface area (Å²) in [6.07, 6.45) is 0.445. The lowest BCUT2D eigenvalue weighted by Gasteiger charge is -2.07. The van der Waals surface area contributed by atoms with Gasteiger partial charge in [0.25, 0.3) is 0 Å². The molecule has 2 aromatic rings. The summed E-state index contributed by atoms with van der Waals surface area (Å²) in [6.45, 7) is 2.01. The predicted octanol–water partition coefficient (Wildman–Crippen LogP) is 3.98. The Morgan fingerprint density at radius 3 is 2.10 bits per heavy atom. The highest BCUT2D eigenvalue weighted by atomic mass is 31.1. The number of carbonyl (C=O) groups excluding carboxylic acids is 1. The number of Topliss-reactive ketones (excluding diaryl/α,β-unsaturated/α-hetero) is 1. The van der Waals surface area contributed by atoms with Crippen molar-refractivity contribution in [1.82, 2.24) is 0 Å². The number of rotatable bonds is 7. The van der Waals surface area contributed by atoms with Crippen LogP contribution in [-0.4, -0.2) is 5.78 Å². The highest BCUT2D eigenvalue weighted by molar-refractivity contribution is 7.17. The molecule has 5 heteroatoms. The molecule has 0 saturated carbocycles. The zero-order valence-corrected chi connectivity index (χ0v) is 12.5. The molecule has 4 nitrogen and oxygen atoms in total. The molecule has 0 aliphatic rings. The van der Waals surface area contributed by atoms with E-state index in [0.717, 1.165) is 16.9 Å². The molecule has 2 rings (SSSR count). The van der Waals surface area contributed by atoms with Crippen molar-refractivity contribution >= 4 is 14.5 Å². The van der Waals surface area contributed by atoms with Crippen LogP contribution >= 0.6 is 8.69 Å². The van der Waals surface area contributed by atoms with Crippen LogP contribution in [0.15, 0.2) is 48.5 Å². The first-order valence-corrected chi connectivity index (χ1v) is 7.20. The van der Waals surface area contributed by atoms with Crippen molar-refractivity contribution in [2.75, 3.05) is 0 Å². The van der Waals surface area contributed by atoms with Gasteiger partial charge in [-0.15, -0.1) is 0 Å². The normalized spacial score (nSPS) is 10.3. The summed E-state index contributed by atoms with van der Waals surface area (Å²) in [6, 6.07) is 14.7. The molecular weight excluding hydrogens is 287 g/mol. The molecule has 0 aromatic heterocycles. The Balaban J connectivity index is 1.90. The number of carbonyl (C=O) groups is 1. The maximum atomic E-state index is 11.0. The van der Waals surface area contributed by atoms with Gasteiger partial charge in [-0.3, -0.25) is 4.79 Å². The van der Waals surface area contributed by atoms with Gasteiger partial charge in [0.2, 0.25) is 0 Å². The molecule has 0 aliphatic heterocycles. The van der Waals surface area contributed by atoms with E-state index >= 15 is 0 Å². The number of ketones is 1. The minimum atomic E-state index is -0.364. The van der Waals surface area contributed by atoms with Crippen molar-refractivity contribution in [3.63, 3.8) is 0 Å². The van der Waals surface area contributed by atoms with Gasteiger partial charge >= 0.3 is 8.69 Å². The first kappa shape index (κ1) is 15.2. The van der Waals surface area contributed by atoms with E-state index in [1.54, 1.807) is 19.1 Å². The van der Waals surface area contributed by atoms with Gasteiger partial charge in [0.15, 0.2) is 0 Å². The molecule has 0 aliphatic carbocycles. The average molecular weight is 302 g/mol. The zero-order chi connectivity index (χ0) is 15.1. The van der Waals surface area contributed by atoms with Gasteiger partial charge in [-0.25, -0.2) is 4.57 Å². The molecule has 0 N–H and O–H groups in total. The van der Waals surface area contributed by atoms with E-state index in [1.807, 2.05) is 36.4 Å². The standard InChI is InChI=1S/C16H15O4P/c1-12(17)10-13-2-6-15(7-3-13)19-11-14-4-8-16(9-5-14)20-21-18/h2-9H,10-11H2,1H3. The first-order valence-electron chi connectivity index (χ1n) is 6.47. The van der Waals surface area contributed by atoms with Crippen LogP contribution in [0.25, 0.3) is 0 Å². The van der Waals surface area contributed by atoms with E-state index in [-0.39, 0.29) is 14.5 Å². The third-order valence-corrected chi connectivity index (χ3v) is 3.13. The fourth-order valence-corrected chi connectivity index (χ4v) is 2.06. The molecule has 0 bridgehead atoms. The summed E-state index contributed by atoms with van der Waals surface area (Å²) in [5.41, 5.74) is 1.96. The van der Waals surface area contributed by atoms with Crippen LogP contribution in [0.4, 0.5) is 0 Å². The number of hydrogen-bond acceptors (Lipinski definition) is 4. The molecule has 0 atom stereocenters. The van der Waals surface area contributed by atoms with Crippen molar-refractivity contribution in [3.8, 4) is 11.5 Å². The lowest BCUT2D eigenvalue weighted by Crippen LogP contribution is -1.97.